The minimum atomic E-state index is -0.731. The van der Waals surface area contributed by atoms with Crippen molar-refractivity contribution < 1.29 is 23.5 Å². The lowest BCUT2D eigenvalue weighted by molar-refractivity contribution is 0.00647. The quantitative estimate of drug-likeness (QED) is 0.782. The van der Waals surface area contributed by atoms with Gasteiger partial charge in [0.2, 0.25) is 0 Å². The average Bonchev–Trinajstić information content (AvgIpc) is 2.72. The number of anilines is 1. The maximum Gasteiger partial charge on any atom is 0.414 e. The standard InChI is InChI=1S/C14H16FNO4/c1-14(2,3)20-12(17)10-5-4-9(8-11(10)15)16-6-7-19-13(16)18/h4-5,8H,6-7H2,1-3H3. The number of cyclic esters (lactones) is 1. The zero-order valence-electron chi connectivity index (χ0n) is 11.6. The lowest BCUT2D eigenvalue weighted by atomic mass is 10.1. The summed E-state index contributed by atoms with van der Waals surface area (Å²) in [6.45, 7) is 5.75. The van der Waals surface area contributed by atoms with Crippen molar-refractivity contribution in [2.75, 3.05) is 18.1 Å². The van der Waals surface area contributed by atoms with Crippen LogP contribution in [-0.2, 0) is 9.47 Å². The molecule has 6 heteroatoms. The van der Waals surface area contributed by atoms with Gasteiger partial charge in [0.1, 0.15) is 18.0 Å². The Labute approximate surface area is 116 Å². The molecule has 1 aliphatic heterocycles. The van der Waals surface area contributed by atoms with Crippen molar-refractivity contribution in [1.29, 1.82) is 0 Å². The first-order valence-corrected chi connectivity index (χ1v) is 6.25. The number of esters is 1. The number of nitrogens with zero attached hydrogens (tertiary/aromatic N) is 1. The number of rotatable bonds is 2. The van der Waals surface area contributed by atoms with E-state index in [2.05, 4.69) is 0 Å². The van der Waals surface area contributed by atoms with Crippen LogP contribution in [0.4, 0.5) is 14.9 Å². The van der Waals surface area contributed by atoms with Crippen molar-refractivity contribution in [3.05, 3.63) is 29.6 Å². The van der Waals surface area contributed by atoms with Crippen LogP contribution in [-0.4, -0.2) is 30.8 Å². The van der Waals surface area contributed by atoms with E-state index in [1.165, 1.54) is 17.0 Å². The summed E-state index contributed by atoms with van der Waals surface area (Å²) in [5, 5.41) is 0. The molecule has 1 aliphatic rings. The highest BCUT2D eigenvalue weighted by atomic mass is 19.1. The third kappa shape index (κ3) is 3.07. The van der Waals surface area contributed by atoms with Crippen molar-refractivity contribution in [2.45, 2.75) is 26.4 Å². The van der Waals surface area contributed by atoms with Crippen LogP contribution in [0.2, 0.25) is 0 Å². The number of halogens is 1. The summed E-state index contributed by atoms with van der Waals surface area (Å²) < 4.78 is 23.9. The Bertz CT molecular complexity index is 551. The first kappa shape index (κ1) is 14.3. The molecule has 2 rings (SSSR count). The fourth-order valence-electron chi connectivity index (χ4n) is 1.80. The second-order valence-corrected chi connectivity index (χ2v) is 5.43. The number of hydrogen-bond donors (Lipinski definition) is 0. The maximum atomic E-state index is 14.0. The van der Waals surface area contributed by atoms with E-state index in [-0.39, 0.29) is 12.2 Å². The Morgan fingerprint density at radius 3 is 2.60 bits per heavy atom. The first-order chi connectivity index (χ1) is 9.28. The van der Waals surface area contributed by atoms with E-state index in [9.17, 15) is 14.0 Å². The van der Waals surface area contributed by atoms with E-state index in [1.807, 2.05) is 0 Å². The Morgan fingerprint density at radius 1 is 1.40 bits per heavy atom. The van der Waals surface area contributed by atoms with E-state index in [0.717, 1.165) is 6.07 Å². The molecule has 1 heterocycles. The molecule has 0 aromatic heterocycles. The second-order valence-electron chi connectivity index (χ2n) is 5.43. The van der Waals surface area contributed by atoms with Crippen LogP contribution < -0.4 is 4.90 Å². The molecule has 0 spiro atoms. The predicted octanol–water partition coefficient (Wildman–Crippen LogP) is 2.74. The molecular weight excluding hydrogens is 265 g/mol. The second kappa shape index (κ2) is 5.11. The van der Waals surface area contributed by atoms with E-state index < -0.39 is 23.5 Å². The van der Waals surface area contributed by atoms with Gasteiger partial charge in [0, 0.05) is 0 Å². The zero-order valence-corrected chi connectivity index (χ0v) is 11.6. The van der Waals surface area contributed by atoms with Gasteiger partial charge in [-0.15, -0.1) is 0 Å². The number of amides is 1. The summed E-state index contributed by atoms with van der Waals surface area (Å²) in [5.41, 5.74) is -0.491. The molecule has 0 unspecified atom stereocenters. The van der Waals surface area contributed by atoms with E-state index in [4.69, 9.17) is 9.47 Å². The molecule has 0 radical (unpaired) electrons. The molecule has 0 N–H and O–H groups in total. The normalized spacial score (nSPS) is 15.2. The van der Waals surface area contributed by atoms with Crippen LogP contribution in [0.25, 0.3) is 0 Å². The van der Waals surface area contributed by atoms with Gasteiger partial charge in [0.15, 0.2) is 0 Å². The summed E-state index contributed by atoms with van der Waals surface area (Å²) in [5.74, 6) is -1.46. The maximum absolute atomic E-state index is 14.0. The van der Waals surface area contributed by atoms with E-state index >= 15 is 0 Å². The fraction of sp³-hybridized carbons (Fsp3) is 0.429. The molecule has 0 bridgehead atoms. The van der Waals surface area contributed by atoms with Crippen molar-refractivity contribution in [2.24, 2.45) is 0 Å². The van der Waals surface area contributed by atoms with Gasteiger partial charge in [-0.3, -0.25) is 4.90 Å². The van der Waals surface area contributed by atoms with E-state index in [0.29, 0.717) is 12.2 Å². The molecule has 1 aromatic rings. The SMILES string of the molecule is CC(C)(C)OC(=O)c1ccc(N2CCOC2=O)cc1F. The number of hydrogen-bond acceptors (Lipinski definition) is 4. The van der Waals surface area contributed by atoms with Crippen LogP contribution in [0.1, 0.15) is 31.1 Å². The zero-order chi connectivity index (χ0) is 14.9. The van der Waals surface area contributed by atoms with Crippen LogP contribution in [0.15, 0.2) is 18.2 Å². The van der Waals surface area contributed by atoms with Gasteiger partial charge in [-0.2, -0.15) is 0 Å². The van der Waals surface area contributed by atoms with Gasteiger partial charge in [0.05, 0.1) is 17.8 Å². The fourth-order valence-corrected chi connectivity index (χ4v) is 1.80. The average molecular weight is 281 g/mol. The highest BCUT2D eigenvalue weighted by Gasteiger charge is 2.26. The largest absolute Gasteiger partial charge is 0.456 e. The van der Waals surface area contributed by atoms with Crippen LogP contribution in [0.5, 0.6) is 0 Å². The molecule has 0 aliphatic carbocycles. The summed E-state index contributed by atoms with van der Waals surface area (Å²) in [7, 11) is 0. The Morgan fingerprint density at radius 2 is 2.10 bits per heavy atom. The van der Waals surface area contributed by atoms with Crippen LogP contribution in [0, 0.1) is 5.82 Å². The van der Waals surface area contributed by atoms with Crippen molar-refractivity contribution in [1.82, 2.24) is 0 Å². The summed E-state index contributed by atoms with van der Waals surface area (Å²) in [4.78, 5) is 24.5. The molecule has 1 amide bonds. The predicted molar refractivity (Wildman–Crippen MR) is 70.3 cm³/mol. The molecule has 1 fully saturated rings. The molecule has 108 valence electrons. The Hall–Kier alpha value is -2.11. The molecule has 0 saturated carbocycles. The first-order valence-electron chi connectivity index (χ1n) is 6.25. The van der Waals surface area contributed by atoms with Gasteiger partial charge in [-0.05, 0) is 39.0 Å². The molecule has 1 saturated heterocycles. The number of ether oxygens (including phenoxy) is 2. The van der Waals surface area contributed by atoms with Crippen molar-refractivity contribution in [3.63, 3.8) is 0 Å². The number of carbonyl (C=O) groups is 2. The summed E-state index contributed by atoms with van der Waals surface area (Å²) in [6, 6.07) is 3.94. The third-order valence-corrected chi connectivity index (χ3v) is 2.64. The summed E-state index contributed by atoms with van der Waals surface area (Å²) >= 11 is 0. The molecule has 5 nitrogen and oxygen atoms in total. The smallest absolute Gasteiger partial charge is 0.414 e. The van der Waals surface area contributed by atoms with Crippen molar-refractivity contribution >= 4 is 17.7 Å². The molecule has 0 atom stereocenters. The van der Waals surface area contributed by atoms with Crippen LogP contribution in [0.3, 0.4) is 0 Å². The van der Waals surface area contributed by atoms with Gasteiger partial charge in [0.25, 0.3) is 0 Å². The molecule has 20 heavy (non-hydrogen) atoms. The number of carbonyl (C=O) groups excluding carboxylic acids is 2. The van der Waals surface area contributed by atoms with Gasteiger partial charge in [-0.1, -0.05) is 0 Å². The van der Waals surface area contributed by atoms with Crippen molar-refractivity contribution in [3.8, 4) is 0 Å². The minimum Gasteiger partial charge on any atom is -0.456 e. The Kier molecular flexibility index (Phi) is 3.65. The van der Waals surface area contributed by atoms with E-state index in [1.54, 1.807) is 20.8 Å². The van der Waals surface area contributed by atoms with Gasteiger partial charge in [-0.25, -0.2) is 14.0 Å². The summed E-state index contributed by atoms with van der Waals surface area (Å²) in [6.07, 6.45) is -0.519. The highest BCUT2D eigenvalue weighted by Crippen LogP contribution is 2.23. The highest BCUT2D eigenvalue weighted by molar-refractivity contribution is 5.93. The molecular formula is C14H16FNO4. The number of benzene rings is 1. The lowest BCUT2D eigenvalue weighted by Gasteiger charge is -2.20. The molecule has 1 aromatic carbocycles. The minimum absolute atomic E-state index is 0.156. The van der Waals surface area contributed by atoms with Gasteiger partial charge < -0.3 is 9.47 Å². The van der Waals surface area contributed by atoms with Gasteiger partial charge >= 0.3 is 12.1 Å². The Balaban J connectivity index is 2.22. The monoisotopic (exact) mass is 281 g/mol. The third-order valence-electron chi connectivity index (χ3n) is 2.64. The topological polar surface area (TPSA) is 55.8 Å². The lowest BCUT2D eigenvalue weighted by Crippen LogP contribution is -2.25. The van der Waals surface area contributed by atoms with Crippen LogP contribution >= 0.6 is 0 Å².